The van der Waals surface area contributed by atoms with E-state index in [-0.39, 0.29) is 0 Å². The molecule has 0 aromatic rings. The van der Waals surface area contributed by atoms with Gasteiger partial charge < -0.3 is 15.2 Å². The predicted molar refractivity (Wildman–Crippen MR) is 46.5 cm³/mol. The van der Waals surface area contributed by atoms with E-state index < -0.39 is 30.0 Å². The average Bonchev–Trinajstić information content (AvgIpc) is 1.97. The van der Waals surface area contributed by atoms with Gasteiger partial charge in [-0.2, -0.15) is 0 Å². The summed E-state index contributed by atoms with van der Waals surface area (Å²) in [4.78, 5) is 31.8. The Bertz CT molecular complexity index is 250. The Morgan fingerprint density at radius 1 is 1.29 bits per heavy atom. The third-order valence-corrected chi connectivity index (χ3v) is 1.45. The van der Waals surface area contributed by atoms with Crippen molar-refractivity contribution in [2.75, 3.05) is 0 Å². The van der Waals surface area contributed by atoms with Crippen LogP contribution in [0.3, 0.4) is 0 Å². The fraction of sp³-hybridized carbons (Fsp3) is 0.625. The van der Waals surface area contributed by atoms with Crippen molar-refractivity contribution in [1.29, 1.82) is 0 Å². The summed E-state index contributed by atoms with van der Waals surface area (Å²) in [6, 6.07) is -1.21. The van der Waals surface area contributed by atoms with E-state index >= 15 is 0 Å². The molecule has 0 aliphatic heterocycles. The number of ether oxygens (including phenoxy) is 1. The molecule has 0 fully saturated rings. The molecule has 0 unspecified atom stereocenters. The molecular weight excluding hydrogens is 190 g/mol. The topological polar surface area (TPSA) is 92.7 Å². The molecule has 80 valence electrons. The van der Waals surface area contributed by atoms with Crippen molar-refractivity contribution in [3.05, 3.63) is 0 Å². The van der Waals surface area contributed by atoms with Gasteiger partial charge in [0.25, 0.3) is 0 Å². The summed E-state index contributed by atoms with van der Waals surface area (Å²) in [5, 5.41) is 10.9. The fourth-order valence-electron chi connectivity index (χ4n) is 0.929. The molecule has 0 aromatic carbocycles. The quantitative estimate of drug-likeness (QED) is 0.602. The van der Waals surface area contributed by atoms with Crippen LogP contribution < -0.4 is 5.32 Å². The van der Waals surface area contributed by atoms with E-state index in [1.807, 2.05) is 0 Å². The molecule has 0 spiro atoms. The zero-order valence-electron chi connectivity index (χ0n) is 8.23. The molecule has 0 rings (SSSR count). The number of carbonyl (C=O) groups excluding carboxylic acids is 2. The smallest absolute Gasteiger partial charge is 0.330 e. The number of nitrogens with one attached hydrogen (secondary N) is 1. The number of rotatable bonds is 4. The molecule has 0 aliphatic carbocycles. The fourth-order valence-corrected chi connectivity index (χ4v) is 0.929. The van der Waals surface area contributed by atoms with Gasteiger partial charge in [0.05, 0.1) is 0 Å². The van der Waals surface area contributed by atoms with Crippen molar-refractivity contribution in [3.8, 4) is 0 Å². The van der Waals surface area contributed by atoms with E-state index in [0.717, 1.165) is 0 Å². The molecular formula is C8H13NO5. The van der Waals surface area contributed by atoms with Crippen LogP contribution in [-0.2, 0) is 19.1 Å². The summed E-state index contributed by atoms with van der Waals surface area (Å²) >= 11 is 0. The number of carbonyl (C=O) groups is 3. The molecule has 0 saturated carbocycles. The highest BCUT2D eigenvalue weighted by atomic mass is 16.5. The molecule has 2 atom stereocenters. The monoisotopic (exact) mass is 203 g/mol. The molecule has 0 heterocycles. The molecule has 1 amide bonds. The van der Waals surface area contributed by atoms with E-state index in [9.17, 15) is 14.4 Å². The van der Waals surface area contributed by atoms with Crippen molar-refractivity contribution in [1.82, 2.24) is 5.32 Å². The molecule has 2 N–H and O–H groups in total. The van der Waals surface area contributed by atoms with E-state index in [2.05, 4.69) is 10.1 Å². The lowest BCUT2D eigenvalue weighted by molar-refractivity contribution is -0.154. The molecule has 0 radical (unpaired) electrons. The first-order valence-electron chi connectivity index (χ1n) is 4.01. The maximum absolute atomic E-state index is 10.7. The second kappa shape index (κ2) is 5.21. The Kier molecular flexibility index (Phi) is 4.62. The molecule has 6 heteroatoms. The van der Waals surface area contributed by atoms with Crippen LogP contribution >= 0.6 is 0 Å². The van der Waals surface area contributed by atoms with Crippen molar-refractivity contribution >= 4 is 17.8 Å². The highest BCUT2D eigenvalue weighted by molar-refractivity contribution is 5.82. The van der Waals surface area contributed by atoms with Gasteiger partial charge in [0.2, 0.25) is 5.91 Å². The van der Waals surface area contributed by atoms with Gasteiger partial charge in [0.15, 0.2) is 6.04 Å². The zero-order valence-corrected chi connectivity index (χ0v) is 8.23. The Morgan fingerprint density at radius 2 is 1.79 bits per heavy atom. The predicted octanol–water partition coefficient (Wildman–Crippen LogP) is -0.473. The lowest BCUT2D eigenvalue weighted by Gasteiger charge is -2.20. The third kappa shape index (κ3) is 4.44. The minimum atomic E-state index is -1.24. The van der Waals surface area contributed by atoms with E-state index in [1.165, 1.54) is 20.8 Å². The summed E-state index contributed by atoms with van der Waals surface area (Å²) in [5.41, 5.74) is 0. The highest BCUT2D eigenvalue weighted by Crippen LogP contribution is 2.00. The summed E-state index contributed by atoms with van der Waals surface area (Å²) in [7, 11) is 0. The van der Waals surface area contributed by atoms with Crippen LogP contribution in [0.4, 0.5) is 0 Å². The second-order valence-electron chi connectivity index (χ2n) is 2.83. The van der Waals surface area contributed by atoms with Crippen LogP contribution in [0.15, 0.2) is 0 Å². The lowest BCUT2D eigenvalue weighted by atomic mass is 10.2. The Labute approximate surface area is 81.2 Å². The van der Waals surface area contributed by atoms with Gasteiger partial charge in [-0.1, -0.05) is 0 Å². The molecule has 0 aliphatic rings. The lowest BCUT2D eigenvalue weighted by Crippen LogP contribution is -2.48. The van der Waals surface area contributed by atoms with Gasteiger partial charge in [0.1, 0.15) is 6.10 Å². The maximum atomic E-state index is 10.7. The van der Waals surface area contributed by atoms with Gasteiger partial charge in [-0.05, 0) is 6.92 Å². The van der Waals surface area contributed by atoms with E-state index in [4.69, 9.17) is 5.11 Å². The molecule has 14 heavy (non-hydrogen) atoms. The van der Waals surface area contributed by atoms with Crippen LogP contribution in [0.25, 0.3) is 0 Å². The second-order valence-corrected chi connectivity index (χ2v) is 2.83. The molecule has 0 aromatic heterocycles. The van der Waals surface area contributed by atoms with Crippen LogP contribution in [0.5, 0.6) is 0 Å². The Morgan fingerprint density at radius 3 is 2.07 bits per heavy atom. The van der Waals surface area contributed by atoms with Gasteiger partial charge in [0, 0.05) is 13.8 Å². The summed E-state index contributed by atoms with van der Waals surface area (Å²) < 4.78 is 4.64. The molecule has 0 bridgehead atoms. The van der Waals surface area contributed by atoms with Crippen LogP contribution in [0.1, 0.15) is 20.8 Å². The van der Waals surface area contributed by atoms with Gasteiger partial charge in [-0.25, -0.2) is 4.79 Å². The average molecular weight is 203 g/mol. The summed E-state index contributed by atoms with van der Waals surface area (Å²) in [6.07, 6.45) is -0.895. The van der Waals surface area contributed by atoms with Crippen LogP contribution in [-0.4, -0.2) is 35.1 Å². The standard InChI is InChI=1S/C8H13NO5/c1-4(14-6(3)11)7(8(12)13)9-5(2)10/h4,7H,1-3H3,(H,9,10)(H,12,13)/t4-,7+/m0/s1. The Hall–Kier alpha value is -1.59. The van der Waals surface area contributed by atoms with Crippen molar-refractivity contribution in [2.24, 2.45) is 0 Å². The largest absolute Gasteiger partial charge is 0.480 e. The SMILES string of the molecule is CC(=O)N[C@@H](C(=O)O)[C@H](C)OC(C)=O. The number of aliphatic carboxylic acids is 1. The van der Waals surface area contributed by atoms with Crippen molar-refractivity contribution < 1.29 is 24.2 Å². The van der Waals surface area contributed by atoms with Crippen molar-refractivity contribution in [3.63, 3.8) is 0 Å². The van der Waals surface area contributed by atoms with Crippen LogP contribution in [0, 0.1) is 0 Å². The molecule has 6 nitrogen and oxygen atoms in total. The first kappa shape index (κ1) is 12.4. The van der Waals surface area contributed by atoms with Gasteiger partial charge >= 0.3 is 11.9 Å². The van der Waals surface area contributed by atoms with Gasteiger partial charge in [-0.3, -0.25) is 9.59 Å². The first-order chi connectivity index (χ1) is 6.34. The highest BCUT2D eigenvalue weighted by Gasteiger charge is 2.27. The summed E-state index contributed by atoms with van der Waals surface area (Å²) in [6.45, 7) is 3.76. The third-order valence-electron chi connectivity index (χ3n) is 1.45. The normalized spacial score (nSPS) is 13.9. The number of hydrogen-bond donors (Lipinski definition) is 2. The Balaban J connectivity index is 4.40. The number of esters is 1. The maximum Gasteiger partial charge on any atom is 0.330 e. The number of carboxylic acids is 1. The first-order valence-corrected chi connectivity index (χ1v) is 4.01. The minimum absolute atomic E-state index is 0.489. The number of amides is 1. The van der Waals surface area contributed by atoms with E-state index in [1.54, 1.807) is 0 Å². The number of carboxylic acid groups (broad SMARTS) is 1. The van der Waals surface area contributed by atoms with Crippen molar-refractivity contribution in [2.45, 2.75) is 32.9 Å². The minimum Gasteiger partial charge on any atom is -0.480 e. The summed E-state index contributed by atoms with van der Waals surface area (Å²) in [5.74, 6) is -2.32. The molecule has 0 saturated heterocycles. The number of hydrogen-bond acceptors (Lipinski definition) is 4. The van der Waals surface area contributed by atoms with E-state index in [0.29, 0.717) is 0 Å². The van der Waals surface area contributed by atoms with Crippen LogP contribution in [0.2, 0.25) is 0 Å². The van der Waals surface area contributed by atoms with Gasteiger partial charge in [-0.15, -0.1) is 0 Å². The zero-order chi connectivity index (χ0) is 11.3.